The maximum atomic E-state index is 11.1. The van der Waals surface area contributed by atoms with Crippen LogP contribution in [-0.2, 0) is 9.53 Å². The third-order valence-corrected chi connectivity index (χ3v) is 3.10. The highest BCUT2D eigenvalue weighted by Gasteiger charge is 2.00. The Morgan fingerprint density at radius 2 is 2.04 bits per heavy atom. The Morgan fingerprint density at radius 3 is 2.83 bits per heavy atom. The Hall–Kier alpha value is -2.39. The maximum absolute atomic E-state index is 11.1. The summed E-state index contributed by atoms with van der Waals surface area (Å²) in [6.45, 7) is 2.31. The largest absolute Gasteiger partial charge is 0.466 e. The smallest absolute Gasteiger partial charge is 0.305 e. The van der Waals surface area contributed by atoms with Crippen LogP contribution in [0.3, 0.4) is 0 Å². The Bertz CT molecular complexity index is 574. The van der Waals surface area contributed by atoms with E-state index in [1.165, 1.54) is 6.42 Å². The van der Waals surface area contributed by atoms with Crippen LogP contribution in [0.5, 0.6) is 0 Å². The van der Waals surface area contributed by atoms with Gasteiger partial charge in [0.05, 0.1) is 12.9 Å². The van der Waals surface area contributed by atoms with E-state index in [0.29, 0.717) is 18.8 Å². The molecule has 0 atom stereocenters. The van der Waals surface area contributed by atoms with E-state index in [9.17, 15) is 4.79 Å². The number of allylic oxidation sites excluding steroid dienone is 2. The van der Waals surface area contributed by atoms with Gasteiger partial charge in [-0.2, -0.15) is 0 Å². The monoisotopic (exact) mass is 312 g/mol. The third kappa shape index (κ3) is 10.9. The lowest BCUT2D eigenvalue weighted by Crippen LogP contribution is -2.03. The zero-order chi connectivity index (χ0) is 16.6. The van der Waals surface area contributed by atoms with Crippen molar-refractivity contribution >= 4 is 5.97 Å². The highest BCUT2D eigenvalue weighted by Crippen LogP contribution is 2.08. The van der Waals surface area contributed by atoms with Gasteiger partial charge in [0.1, 0.15) is 0 Å². The lowest BCUT2D eigenvalue weighted by molar-refractivity contribution is -0.143. The van der Waals surface area contributed by atoms with Gasteiger partial charge in [0.2, 0.25) is 0 Å². The van der Waals surface area contributed by atoms with E-state index in [1.54, 1.807) is 18.4 Å². The third-order valence-electron chi connectivity index (χ3n) is 3.10. The van der Waals surface area contributed by atoms with Crippen molar-refractivity contribution < 1.29 is 13.9 Å². The average molecular weight is 312 g/mol. The molecule has 1 aromatic rings. The minimum Gasteiger partial charge on any atom is -0.466 e. The lowest BCUT2D eigenvalue weighted by Gasteiger charge is -2.01. The fraction of sp³-hybridized carbons (Fsp3) is 0.450. The van der Waals surface area contributed by atoms with Crippen LogP contribution in [0.2, 0.25) is 0 Å². The second-order valence-electron chi connectivity index (χ2n) is 5.01. The van der Waals surface area contributed by atoms with Gasteiger partial charge in [-0.25, -0.2) is 0 Å². The van der Waals surface area contributed by atoms with Crippen molar-refractivity contribution in [1.29, 1.82) is 0 Å². The predicted octanol–water partition coefficient (Wildman–Crippen LogP) is 4.48. The van der Waals surface area contributed by atoms with E-state index in [2.05, 4.69) is 29.8 Å². The minimum atomic E-state index is -0.0795. The van der Waals surface area contributed by atoms with E-state index >= 15 is 0 Å². The number of carbonyl (C=O) groups is 1. The van der Waals surface area contributed by atoms with Crippen molar-refractivity contribution in [3.05, 3.63) is 36.3 Å². The van der Waals surface area contributed by atoms with Gasteiger partial charge in [0.15, 0.2) is 5.76 Å². The molecule has 1 rings (SSSR count). The number of ether oxygens (including phenoxy) is 1. The van der Waals surface area contributed by atoms with Gasteiger partial charge in [-0.15, -0.1) is 0 Å². The van der Waals surface area contributed by atoms with Gasteiger partial charge in [0.25, 0.3) is 0 Å². The number of hydrogen-bond donors (Lipinski definition) is 0. The topological polar surface area (TPSA) is 39.4 Å². The molecular weight excluding hydrogens is 288 g/mol. The molecule has 0 aliphatic carbocycles. The normalized spacial score (nSPS) is 9.78. The SMILES string of the molecule is CCOC(=O)CCCCCCCC=CC#CC#Cc1ccco1. The summed E-state index contributed by atoms with van der Waals surface area (Å²) in [5, 5.41) is 0. The van der Waals surface area contributed by atoms with Crippen LogP contribution in [-0.4, -0.2) is 12.6 Å². The first-order valence-corrected chi connectivity index (χ1v) is 8.18. The van der Waals surface area contributed by atoms with Gasteiger partial charge in [0, 0.05) is 6.42 Å². The summed E-state index contributed by atoms with van der Waals surface area (Å²) in [5.74, 6) is 11.8. The Labute approximate surface area is 139 Å². The summed E-state index contributed by atoms with van der Waals surface area (Å²) in [6, 6.07) is 3.60. The van der Waals surface area contributed by atoms with Crippen molar-refractivity contribution in [2.75, 3.05) is 6.61 Å². The molecule has 0 fully saturated rings. The molecule has 122 valence electrons. The molecule has 0 aliphatic heterocycles. The standard InChI is InChI=1S/C20H24O3/c1-2-22-20(21)17-13-11-9-7-5-3-4-6-8-10-12-15-19-16-14-18-23-19/h4,6,14,16,18H,2-3,5,7,9,11,13,17H2,1H3. The minimum absolute atomic E-state index is 0.0795. The molecule has 0 saturated heterocycles. The number of unbranched alkanes of at least 4 members (excludes halogenated alkanes) is 5. The van der Waals surface area contributed by atoms with Gasteiger partial charge in [-0.05, 0) is 62.2 Å². The van der Waals surface area contributed by atoms with Crippen LogP contribution in [0.15, 0.2) is 35.0 Å². The molecule has 0 radical (unpaired) electrons. The average Bonchev–Trinajstić information content (AvgIpc) is 3.05. The van der Waals surface area contributed by atoms with Crippen LogP contribution < -0.4 is 0 Å². The van der Waals surface area contributed by atoms with E-state index in [0.717, 1.165) is 32.1 Å². The Balaban J connectivity index is 1.96. The highest BCUT2D eigenvalue weighted by molar-refractivity contribution is 5.69. The van der Waals surface area contributed by atoms with Gasteiger partial charge >= 0.3 is 5.97 Å². The summed E-state index contributed by atoms with van der Waals surface area (Å²) < 4.78 is 9.96. The molecule has 0 aromatic carbocycles. The summed E-state index contributed by atoms with van der Waals surface area (Å²) in [4.78, 5) is 11.1. The maximum Gasteiger partial charge on any atom is 0.305 e. The molecule has 3 heteroatoms. The van der Waals surface area contributed by atoms with E-state index < -0.39 is 0 Å². The Morgan fingerprint density at radius 1 is 1.22 bits per heavy atom. The van der Waals surface area contributed by atoms with Crippen molar-refractivity contribution in [1.82, 2.24) is 0 Å². The van der Waals surface area contributed by atoms with E-state index in [-0.39, 0.29) is 5.97 Å². The van der Waals surface area contributed by atoms with Crippen molar-refractivity contribution in [2.45, 2.75) is 51.9 Å². The molecular formula is C20H24O3. The molecule has 23 heavy (non-hydrogen) atoms. The molecule has 1 heterocycles. The fourth-order valence-corrected chi connectivity index (χ4v) is 1.96. The first-order chi connectivity index (χ1) is 11.3. The van der Waals surface area contributed by atoms with Crippen LogP contribution >= 0.6 is 0 Å². The molecule has 0 bridgehead atoms. The van der Waals surface area contributed by atoms with Gasteiger partial charge in [-0.1, -0.05) is 31.3 Å². The number of furan rings is 1. The number of esters is 1. The zero-order valence-corrected chi connectivity index (χ0v) is 13.8. The predicted molar refractivity (Wildman–Crippen MR) is 91.5 cm³/mol. The van der Waals surface area contributed by atoms with Crippen LogP contribution in [0, 0.1) is 23.7 Å². The fourth-order valence-electron chi connectivity index (χ4n) is 1.96. The van der Waals surface area contributed by atoms with Crippen molar-refractivity contribution in [3.8, 4) is 23.7 Å². The van der Waals surface area contributed by atoms with Crippen molar-refractivity contribution in [3.63, 3.8) is 0 Å². The van der Waals surface area contributed by atoms with Crippen LogP contribution in [0.25, 0.3) is 0 Å². The van der Waals surface area contributed by atoms with Crippen molar-refractivity contribution in [2.24, 2.45) is 0 Å². The zero-order valence-electron chi connectivity index (χ0n) is 13.8. The number of carbonyl (C=O) groups excluding carboxylic acids is 1. The summed E-state index contributed by atoms with van der Waals surface area (Å²) in [6.07, 6.45) is 12.6. The molecule has 0 amide bonds. The quantitative estimate of drug-likeness (QED) is 0.383. The molecule has 0 N–H and O–H groups in total. The van der Waals surface area contributed by atoms with E-state index in [1.807, 2.05) is 13.0 Å². The first kappa shape index (κ1) is 18.7. The lowest BCUT2D eigenvalue weighted by atomic mass is 10.1. The summed E-state index contributed by atoms with van der Waals surface area (Å²) >= 11 is 0. The molecule has 3 nitrogen and oxygen atoms in total. The van der Waals surface area contributed by atoms with Gasteiger partial charge < -0.3 is 9.15 Å². The Kier molecular flexibility index (Phi) is 10.8. The number of hydrogen-bond acceptors (Lipinski definition) is 3. The summed E-state index contributed by atoms with van der Waals surface area (Å²) in [7, 11) is 0. The highest BCUT2D eigenvalue weighted by atomic mass is 16.5. The number of rotatable bonds is 9. The molecule has 0 aliphatic rings. The molecule has 0 unspecified atom stereocenters. The van der Waals surface area contributed by atoms with E-state index in [4.69, 9.17) is 9.15 Å². The molecule has 0 spiro atoms. The second-order valence-corrected chi connectivity index (χ2v) is 5.01. The second kappa shape index (κ2) is 13.3. The molecule has 1 aromatic heterocycles. The van der Waals surface area contributed by atoms with Gasteiger partial charge in [-0.3, -0.25) is 4.79 Å². The molecule has 0 saturated carbocycles. The van der Waals surface area contributed by atoms with Crippen LogP contribution in [0.4, 0.5) is 0 Å². The van der Waals surface area contributed by atoms with Crippen LogP contribution in [0.1, 0.15) is 57.6 Å². The first-order valence-electron chi connectivity index (χ1n) is 8.18. The summed E-state index contributed by atoms with van der Waals surface area (Å²) in [5.41, 5.74) is 0.